The summed E-state index contributed by atoms with van der Waals surface area (Å²) in [5, 5.41) is 20.0. The van der Waals surface area contributed by atoms with Crippen molar-refractivity contribution in [1.29, 1.82) is 0 Å². The zero-order valence-electron chi connectivity index (χ0n) is 16.7. The number of anilines is 2. The summed E-state index contributed by atoms with van der Waals surface area (Å²) < 4.78 is 0. The third-order valence-corrected chi connectivity index (χ3v) is 4.76. The van der Waals surface area contributed by atoms with Crippen LogP contribution in [-0.2, 0) is 22.4 Å². The Morgan fingerprint density at radius 1 is 0.767 bits per heavy atom. The number of hydrogen-bond donors (Lipinski definition) is 2. The number of carbonyl (C=O) groups is 2. The second-order valence-electron chi connectivity index (χ2n) is 6.88. The standard InChI is InChI=1S/C22H22N4O4/c1-15-21(11-17-6-8-19(9-7-17)25(29)13-27)23-16(2)22(24-15)12-18-4-3-5-20(10-18)26(30)14-28/h3-10,13-14,29-30H,11-12H2,1-2H3. The van der Waals surface area contributed by atoms with Crippen molar-refractivity contribution in [2.24, 2.45) is 0 Å². The zero-order valence-corrected chi connectivity index (χ0v) is 16.7. The summed E-state index contributed by atoms with van der Waals surface area (Å²) in [4.78, 5) is 30.8. The van der Waals surface area contributed by atoms with Crippen LogP contribution >= 0.6 is 0 Å². The van der Waals surface area contributed by atoms with Gasteiger partial charge in [-0.05, 0) is 49.2 Å². The molecule has 1 aromatic heterocycles. The van der Waals surface area contributed by atoms with Crippen molar-refractivity contribution in [2.45, 2.75) is 26.7 Å². The van der Waals surface area contributed by atoms with Gasteiger partial charge in [0.15, 0.2) is 0 Å². The van der Waals surface area contributed by atoms with E-state index < -0.39 is 0 Å². The molecule has 0 atom stereocenters. The van der Waals surface area contributed by atoms with E-state index in [1.54, 1.807) is 30.3 Å². The predicted octanol–water partition coefficient (Wildman–Crippen LogP) is 2.98. The molecule has 8 heteroatoms. The van der Waals surface area contributed by atoms with Gasteiger partial charge in [0.25, 0.3) is 0 Å². The number of aromatic nitrogens is 2. The highest BCUT2D eigenvalue weighted by Crippen LogP contribution is 2.20. The van der Waals surface area contributed by atoms with Crippen LogP contribution in [0.4, 0.5) is 11.4 Å². The normalized spacial score (nSPS) is 10.5. The third kappa shape index (κ3) is 4.86. The third-order valence-electron chi connectivity index (χ3n) is 4.76. The quantitative estimate of drug-likeness (QED) is 0.338. The minimum Gasteiger partial charge on any atom is -0.281 e. The van der Waals surface area contributed by atoms with Gasteiger partial charge in [0.1, 0.15) is 0 Å². The van der Waals surface area contributed by atoms with E-state index in [0.29, 0.717) is 47.2 Å². The van der Waals surface area contributed by atoms with Crippen molar-refractivity contribution in [3.05, 3.63) is 82.4 Å². The Kier molecular flexibility index (Phi) is 6.51. The molecular formula is C22H22N4O4. The number of carbonyl (C=O) groups excluding carboxylic acids is 2. The molecule has 0 bridgehead atoms. The number of aryl methyl sites for hydroxylation is 2. The van der Waals surface area contributed by atoms with Gasteiger partial charge in [-0.1, -0.05) is 24.3 Å². The number of hydroxylamine groups is 2. The summed E-state index contributed by atoms with van der Waals surface area (Å²) in [6, 6.07) is 14.0. The van der Waals surface area contributed by atoms with Gasteiger partial charge < -0.3 is 0 Å². The van der Waals surface area contributed by atoms with Crippen molar-refractivity contribution in [2.75, 3.05) is 10.1 Å². The lowest BCUT2D eigenvalue weighted by molar-refractivity contribution is -0.112. The molecule has 8 nitrogen and oxygen atoms in total. The van der Waals surface area contributed by atoms with E-state index in [1.807, 2.05) is 32.0 Å². The Hall–Kier alpha value is -3.62. The topological polar surface area (TPSA) is 107 Å². The van der Waals surface area contributed by atoms with E-state index >= 15 is 0 Å². The summed E-state index contributed by atoms with van der Waals surface area (Å²) >= 11 is 0. The molecule has 0 aliphatic rings. The Bertz CT molecular complexity index is 1050. The molecule has 0 aliphatic heterocycles. The van der Waals surface area contributed by atoms with E-state index in [-0.39, 0.29) is 0 Å². The zero-order chi connectivity index (χ0) is 21.7. The Balaban J connectivity index is 1.79. The van der Waals surface area contributed by atoms with E-state index in [4.69, 9.17) is 9.97 Å². The van der Waals surface area contributed by atoms with Crippen molar-refractivity contribution in [3.63, 3.8) is 0 Å². The Morgan fingerprint density at radius 2 is 1.30 bits per heavy atom. The highest BCUT2D eigenvalue weighted by atomic mass is 16.5. The van der Waals surface area contributed by atoms with Crippen LogP contribution in [0.5, 0.6) is 0 Å². The van der Waals surface area contributed by atoms with Crippen molar-refractivity contribution >= 4 is 24.2 Å². The lowest BCUT2D eigenvalue weighted by Crippen LogP contribution is -2.15. The van der Waals surface area contributed by atoms with Crippen LogP contribution in [0.3, 0.4) is 0 Å². The monoisotopic (exact) mass is 406 g/mol. The lowest BCUT2D eigenvalue weighted by atomic mass is 10.0. The minimum atomic E-state index is 0.333. The van der Waals surface area contributed by atoms with Crippen LogP contribution in [0, 0.1) is 13.8 Å². The first kappa shape index (κ1) is 21.1. The number of rotatable bonds is 8. The first-order chi connectivity index (χ1) is 14.4. The van der Waals surface area contributed by atoms with Crippen LogP contribution in [0.2, 0.25) is 0 Å². The molecule has 2 aromatic carbocycles. The van der Waals surface area contributed by atoms with Gasteiger partial charge in [0, 0.05) is 12.8 Å². The summed E-state index contributed by atoms with van der Waals surface area (Å²) in [7, 11) is 0. The molecule has 0 aliphatic carbocycles. The Morgan fingerprint density at radius 3 is 1.87 bits per heavy atom. The van der Waals surface area contributed by atoms with Crippen LogP contribution in [-0.4, -0.2) is 33.2 Å². The smallest absolute Gasteiger partial charge is 0.237 e. The second kappa shape index (κ2) is 9.25. The molecule has 1 heterocycles. The molecule has 0 fully saturated rings. The number of nitrogens with zero attached hydrogens (tertiary/aromatic N) is 4. The highest BCUT2D eigenvalue weighted by molar-refractivity contribution is 5.72. The summed E-state index contributed by atoms with van der Waals surface area (Å²) in [5.74, 6) is 0. The largest absolute Gasteiger partial charge is 0.281 e. The fraction of sp³-hybridized carbons (Fsp3) is 0.182. The molecule has 154 valence electrons. The van der Waals surface area contributed by atoms with Crippen LogP contribution in [0.25, 0.3) is 0 Å². The van der Waals surface area contributed by atoms with Gasteiger partial charge in [-0.3, -0.25) is 30.0 Å². The second-order valence-corrected chi connectivity index (χ2v) is 6.88. The molecule has 0 saturated heterocycles. The molecule has 0 radical (unpaired) electrons. The van der Waals surface area contributed by atoms with Crippen molar-refractivity contribution < 1.29 is 20.0 Å². The maximum Gasteiger partial charge on any atom is 0.237 e. The molecule has 2 N–H and O–H groups in total. The van der Waals surface area contributed by atoms with Gasteiger partial charge in [0.05, 0.1) is 34.2 Å². The van der Waals surface area contributed by atoms with E-state index in [9.17, 15) is 20.0 Å². The summed E-state index contributed by atoms with van der Waals surface area (Å²) in [5.41, 5.74) is 5.94. The highest BCUT2D eigenvalue weighted by Gasteiger charge is 2.11. The summed E-state index contributed by atoms with van der Waals surface area (Å²) in [6.07, 6.45) is 1.76. The van der Waals surface area contributed by atoms with Gasteiger partial charge in [0.2, 0.25) is 12.8 Å². The van der Waals surface area contributed by atoms with Gasteiger partial charge in [-0.25, -0.2) is 0 Å². The van der Waals surface area contributed by atoms with Crippen LogP contribution < -0.4 is 10.1 Å². The molecule has 3 aromatic rings. The fourth-order valence-corrected chi connectivity index (χ4v) is 3.11. The number of amides is 2. The molecule has 0 unspecified atom stereocenters. The van der Waals surface area contributed by atoms with Crippen molar-refractivity contribution in [1.82, 2.24) is 9.97 Å². The maximum absolute atomic E-state index is 10.8. The lowest BCUT2D eigenvalue weighted by Gasteiger charge is -2.13. The molecule has 2 amide bonds. The molecule has 30 heavy (non-hydrogen) atoms. The molecule has 0 spiro atoms. The van der Waals surface area contributed by atoms with Gasteiger partial charge in [-0.2, -0.15) is 10.1 Å². The number of hydrogen-bond acceptors (Lipinski definition) is 6. The van der Waals surface area contributed by atoms with Crippen LogP contribution in [0.15, 0.2) is 48.5 Å². The minimum absolute atomic E-state index is 0.333. The van der Waals surface area contributed by atoms with Crippen molar-refractivity contribution in [3.8, 4) is 0 Å². The van der Waals surface area contributed by atoms with Crippen LogP contribution in [0.1, 0.15) is 33.9 Å². The fourth-order valence-electron chi connectivity index (χ4n) is 3.11. The first-order valence-electron chi connectivity index (χ1n) is 9.29. The summed E-state index contributed by atoms with van der Waals surface area (Å²) in [6.45, 7) is 3.80. The number of benzene rings is 2. The molecular weight excluding hydrogens is 384 g/mol. The maximum atomic E-state index is 10.8. The predicted molar refractivity (Wildman–Crippen MR) is 111 cm³/mol. The van der Waals surface area contributed by atoms with Gasteiger partial charge >= 0.3 is 0 Å². The van der Waals surface area contributed by atoms with E-state index in [0.717, 1.165) is 33.9 Å². The average molecular weight is 406 g/mol. The van der Waals surface area contributed by atoms with E-state index in [2.05, 4.69) is 0 Å². The Labute approximate surface area is 174 Å². The SMILES string of the molecule is Cc1nc(Cc2cccc(N(O)C=O)c2)c(C)nc1Cc1ccc(N(O)C=O)cc1. The van der Waals surface area contributed by atoms with E-state index in [1.165, 1.54) is 0 Å². The molecule has 3 rings (SSSR count). The van der Waals surface area contributed by atoms with Gasteiger partial charge in [-0.15, -0.1) is 0 Å². The average Bonchev–Trinajstić information content (AvgIpc) is 2.76. The molecule has 0 saturated carbocycles. The first-order valence-corrected chi connectivity index (χ1v) is 9.29.